The van der Waals surface area contributed by atoms with E-state index in [1.54, 1.807) is 6.08 Å². The summed E-state index contributed by atoms with van der Waals surface area (Å²) in [4.78, 5) is 14.3. The number of carboxylic acids is 1. The molecule has 10 heavy (non-hydrogen) atoms. The maximum absolute atomic E-state index is 10.3. The molecule has 0 saturated carbocycles. The predicted molar refractivity (Wildman–Crippen MR) is 38.3 cm³/mol. The Morgan fingerprint density at radius 3 is 2.50 bits per heavy atom. The molecule has 0 aromatic carbocycles. The Bertz CT molecular complexity index is 226. The second-order valence-corrected chi connectivity index (χ2v) is 2.82. The van der Waals surface area contributed by atoms with Crippen molar-refractivity contribution in [2.24, 2.45) is 4.99 Å². The molecule has 0 aromatic heterocycles. The summed E-state index contributed by atoms with van der Waals surface area (Å²) >= 11 is 0. The average Bonchev–Trinajstić information content (AvgIpc) is 2.10. The van der Waals surface area contributed by atoms with Crippen molar-refractivity contribution in [3.05, 3.63) is 11.6 Å². The van der Waals surface area contributed by atoms with E-state index in [0.29, 0.717) is 0 Å². The van der Waals surface area contributed by atoms with E-state index in [0.717, 1.165) is 0 Å². The lowest BCUT2D eigenvalue weighted by Gasteiger charge is -2.07. The summed E-state index contributed by atoms with van der Waals surface area (Å²) in [5.74, 6) is -0.908. The number of aliphatic carboxylic acids is 1. The van der Waals surface area contributed by atoms with E-state index < -0.39 is 5.97 Å². The largest absolute Gasteiger partial charge is 0.478 e. The van der Waals surface area contributed by atoms with Gasteiger partial charge >= 0.3 is 5.97 Å². The van der Waals surface area contributed by atoms with Crippen LogP contribution in [0.2, 0.25) is 0 Å². The van der Waals surface area contributed by atoms with Crippen LogP contribution in [0.3, 0.4) is 0 Å². The molecule has 0 atom stereocenters. The first kappa shape index (κ1) is 6.99. The zero-order valence-corrected chi connectivity index (χ0v) is 5.96. The van der Waals surface area contributed by atoms with Crippen molar-refractivity contribution >= 4 is 12.2 Å². The highest BCUT2D eigenvalue weighted by atomic mass is 16.4. The van der Waals surface area contributed by atoms with Gasteiger partial charge in [0.15, 0.2) is 0 Å². The molecule has 1 N–H and O–H groups in total. The Morgan fingerprint density at radius 1 is 1.70 bits per heavy atom. The summed E-state index contributed by atoms with van der Waals surface area (Å²) in [6, 6.07) is 0. The monoisotopic (exact) mass is 139 g/mol. The normalized spacial score (nSPS) is 20.8. The molecule has 3 nitrogen and oxygen atoms in total. The minimum absolute atomic E-state index is 0.282. The van der Waals surface area contributed by atoms with Crippen molar-refractivity contribution in [2.75, 3.05) is 0 Å². The van der Waals surface area contributed by atoms with Crippen molar-refractivity contribution in [1.82, 2.24) is 0 Å². The second kappa shape index (κ2) is 1.94. The minimum Gasteiger partial charge on any atom is -0.478 e. The van der Waals surface area contributed by atoms with Crippen LogP contribution in [0.25, 0.3) is 0 Å². The van der Waals surface area contributed by atoms with Gasteiger partial charge in [0.05, 0.1) is 11.1 Å². The smallest absolute Gasteiger partial charge is 0.337 e. The zero-order chi connectivity index (χ0) is 7.78. The number of rotatable bonds is 1. The Labute approximate surface area is 59.1 Å². The van der Waals surface area contributed by atoms with Crippen molar-refractivity contribution in [2.45, 2.75) is 19.4 Å². The highest BCUT2D eigenvalue weighted by Gasteiger charge is 2.21. The fourth-order valence-corrected chi connectivity index (χ4v) is 0.808. The molecular formula is C7H9NO2. The minimum atomic E-state index is -0.908. The first-order valence-electron chi connectivity index (χ1n) is 3.03. The fourth-order valence-electron chi connectivity index (χ4n) is 0.808. The van der Waals surface area contributed by atoms with Crippen LogP contribution in [0.15, 0.2) is 16.6 Å². The van der Waals surface area contributed by atoms with Gasteiger partial charge in [0.2, 0.25) is 0 Å². The summed E-state index contributed by atoms with van der Waals surface area (Å²) in [5, 5.41) is 8.49. The lowest BCUT2D eigenvalue weighted by molar-refractivity contribution is -0.132. The molecule has 0 aromatic rings. The molecule has 1 heterocycles. The molecule has 1 rings (SSSR count). The quantitative estimate of drug-likeness (QED) is 0.585. The maximum Gasteiger partial charge on any atom is 0.337 e. The first-order valence-corrected chi connectivity index (χ1v) is 3.03. The van der Waals surface area contributed by atoms with Crippen molar-refractivity contribution < 1.29 is 9.90 Å². The molecule has 1 aliphatic heterocycles. The molecule has 0 aliphatic carbocycles. The zero-order valence-electron chi connectivity index (χ0n) is 5.96. The van der Waals surface area contributed by atoms with E-state index >= 15 is 0 Å². The summed E-state index contributed by atoms with van der Waals surface area (Å²) in [7, 11) is 0. The highest BCUT2D eigenvalue weighted by Crippen LogP contribution is 2.18. The van der Waals surface area contributed by atoms with E-state index in [9.17, 15) is 4.79 Å². The molecular weight excluding hydrogens is 130 g/mol. The molecule has 0 saturated heterocycles. The SMILES string of the molecule is CC1(C)C=C(C(=O)O)C=N1. The van der Waals surface area contributed by atoms with Crippen LogP contribution in [0.1, 0.15) is 13.8 Å². The number of carboxylic acid groups (broad SMARTS) is 1. The molecule has 54 valence electrons. The fraction of sp³-hybridized carbons (Fsp3) is 0.429. The number of carbonyl (C=O) groups is 1. The van der Waals surface area contributed by atoms with Crippen LogP contribution in [0.5, 0.6) is 0 Å². The van der Waals surface area contributed by atoms with Crippen molar-refractivity contribution in [1.29, 1.82) is 0 Å². The third-order valence-electron chi connectivity index (χ3n) is 1.29. The van der Waals surface area contributed by atoms with E-state index in [4.69, 9.17) is 5.11 Å². The van der Waals surface area contributed by atoms with E-state index in [-0.39, 0.29) is 11.1 Å². The lowest BCUT2D eigenvalue weighted by Crippen LogP contribution is -2.09. The van der Waals surface area contributed by atoms with Crippen LogP contribution < -0.4 is 0 Å². The van der Waals surface area contributed by atoms with E-state index in [1.807, 2.05) is 13.8 Å². The third-order valence-corrected chi connectivity index (χ3v) is 1.29. The molecule has 0 spiro atoms. The van der Waals surface area contributed by atoms with Gasteiger partial charge in [0.25, 0.3) is 0 Å². The summed E-state index contributed by atoms with van der Waals surface area (Å²) in [5.41, 5.74) is -0.0433. The Hall–Kier alpha value is -1.12. The third kappa shape index (κ3) is 1.23. The van der Waals surface area contributed by atoms with Gasteiger partial charge in [0, 0.05) is 6.21 Å². The van der Waals surface area contributed by atoms with Crippen LogP contribution in [-0.4, -0.2) is 22.8 Å². The number of hydrogen-bond donors (Lipinski definition) is 1. The number of nitrogens with zero attached hydrogens (tertiary/aromatic N) is 1. The van der Waals surface area contributed by atoms with Gasteiger partial charge in [-0.15, -0.1) is 0 Å². The lowest BCUT2D eigenvalue weighted by atomic mass is 10.1. The van der Waals surface area contributed by atoms with Crippen LogP contribution in [0.4, 0.5) is 0 Å². The maximum atomic E-state index is 10.3. The van der Waals surface area contributed by atoms with Gasteiger partial charge < -0.3 is 5.11 Å². The molecule has 0 fully saturated rings. The molecule has 1 aliphatic rings. The standard InChI is InChI=1S/C7H9NO2/c1-7(2)3-5(4-8-7)6(9)10/h3-4H,1-2H3,(H,9,10). The second-order valence-electron chi connectivity index (χ2n) is 2.82. The predicted octanol–water partition coefficient (Wildman–Crippen LogP) is 0.860. The van der Waals surface area contributed by atoms with Gasteiger partial charge in [-0.25, -0.2) is 4.79 Å². The van der Waals surface area contributed by atoms with Crippen LogP contribution in [0, 0.1) is 0 Å². The molecule has 0 unspecified atom stereocenters. The average molecular weight is 139 g/mol. The highest BCUT2D eigenvalue weighted by molar-refractivity contribution is 6.10. The van der Waals surface area contributed by atoms with Crippen LogP contribution in [-0.2, 0) is 4.79 Å². The van der Waals surface area contributed by atoms with Gasteiger partial charge in [0.1, 0.15) is 0 Å². The summed E-state index contributed by atoms with van der Waals surface area (Å²) in [6.45, 7) is 3.72. The number of aliphatic imine (C=N–C) groups is 1. The van der Waals surface area contributed by atoms with E-state index in [1.165, 1.54) is 6.21 Å². The molecule has 0 bridgehead atoms. The van der Waals surface area contributed by atoms with Crippen LogP contribution >= 0.6 is 0 Å². The molecule has 0 radical (unpaired) electrons. The summed E-state index contributed by atoms with van der Waals surface area (Å²) in [6.07, 6.45) is 3.03. The van der Waals surface area contributed by atoms with Gasteiger partial charge in [-0.3, -0.25) is 4.99 Å². The van der Waals surface area contributed by atoms with Crippen molar-refractivity contribution in [3.8, 4) is 0 Å². The van der Waals surface area contributed by atoms with Gasteiger partial charge in [-0.1, -0.05) is 0 Å². The van der Waals surface area contributed by atoms with E-state index in [2.05, 4.69) is 4.99 Å². The molecule has 0 amide bonds. The number of hydrogen-bond acceptors (Lipinski definition) is 2. The first-order chi connectivity index (χ1) is 4.51. The Kier molecular flexibility index (Phi) is 1.35. The topological polar surface area (TPSA) is 49.7 Å². The summed E-state index contributed by atoms with van der Waals surface area (Å²) < 4.78 is 0. The van der Waals surface area contributed by atoms with Gasteiger partial charge in [-0.05, 0) is 19.9 Å². The van der Waals surface area contributed by atoms with Crippen molar-refractivity contribution in [3.63, 3.8) is 0 Å². The molecule has 3 heteroatoms. The van der Waals surface area contributed by atoms with Gasteiger partial charge in [-0.2, -0.15) is 0 Å². The Balaban J connectivity index is 2.88. The Morgan fingerprint density at radius 2 is 2.30 bits per heavy atom.